The van der Waals surface area contributed by atoms with Crippen molar-refractivity contribution in [2.45, 2.75) is 144 Å². The van der Waals surface area contributed by atoms with E-state index in [4.69, 9.17) is 9.47 Å². The number of nitrogens with zero attached hydrogens (tertiary/aromatic N) is 1. The second-order valence-electron chi connectivity index (χ2n) is 15.2. The zero-order valence-corrected chi connectivity index (χ0v) is 31.6. The number of carbonyl (C=O) groups excluding carboxylic acids is 4. The molecule has 2 aromatic rings. The molecule has 3 amide bonds. The van der Waals surface area contributed by atoms with E-state index >= 15 is 0 Å². The van der Waals surface area contributed by atoms with Gasteiger partial charge in [-0.25, -0.2) is 9.59 Å². The molecule has 2 aromatic carbocycles. The molecule has 2 N–H and O–H groups in total. The van der Waals surface area contributed by atoms with Crippen molar-refractivity contribution in [3.8, 4) is 0 Å². The van der Waals surface area contributed by atoms with Crippen LogP contribution in [-0.4, -0.2) is 58.6 Å². The number of carbonyl (C=O) groups is 4. The Labute approximate surface area is 294 Å². The molecule has 0 bridgehead atoms. The fourth-order valence-electron chi connectivity index (χ4n) is 5.57. The molecule has 0 aliphatic rings. The van der Waals surface area contributed by atoms with Crippen LogP contribution in [-0.2, 0) is 30.3 Å². The third kappa shape index (κ3) is 14.6. The molecule has 2 rings (SSSR count). The Morgan fingerprint density at radius 3 is 1.90 bits per heavy atom. The number of benzene rings is 2. The van der Waals surface area contributed by atoms with E-state index in [2.05, 4.69) is 17.6 Å². The maximum atomic E-state index is 14.7. The first-order valence-corrected chi connectivity index (χ1v) is 17.9. The lowest BCUT2D eigenvalue weighted by Gasteiger charge is -2.37. The van der Waals surface area contributed by atoms with Crippen LogP contribution < -0.4 is 10.6 Å². The Morgan fingerprint density at radius 2 is 1.33 bits per heavy atom. The predicted octanol–water partition coefficient (Wildman–Crippen LogP) is 7.84. The first kappa shape index (κ1) is 41.3. The number of nitrogens with one attached hydrogen (secondary N) is 2. The van der Waals surface area contributed by atoms with Crippen molar-refractivity contribution in [3.05, 3.63) is 71.3 Å². The number of hydrogen-bond acceptors (Lipinski definition) is 6. The van der Waals surface area contributed by atoms with E-state index in [0.29, 0.717) is 12.0 Å². The number of hydrogen-bond donors (Lipinski definition) is 2. The Kier molecular flexibility index (Phi) is 16.3. The molecule has 9 heteroatoms. The molecule has 49 heavy (non-hydrogen) atoms. The van der Waals surface area contributed by atoms with Gasteiger partial charge in [0.15, 0.2) is 0 Å². The number of esters is 1. The van der Waals surface area contributed by atoms with E-state index in [1.54, 1.807) is 46.4 Å². The highest BCUT2D eigenvalue weighted by molar-refractivity contribution is 5.94. The summed E-state index contributed by atoms with van der Waals surface area (Å²) >= 11 is 0. The average molecular weight is 680 g/mol. The molecule has 0 fully saturated rings. The fourth-order valence-corrected chi connectivity index (χ4v) is 5.57. The van der Waals surface area contributed by atoms with Gasteiger partial charge in [0.05, 0.1) is 0 Å². The van der Waals surface area contributed by atoms with Gasteiger partial charge in [-0.3, -0.25) is 9.59 Å². The molecule has 3 unspecified atom stereocenters. The standard InChI is InChI=1S/C40H61N3O6/c1-11-12-13-14-15-21-26-43(36(45)33(28(2)3)42-38(47)49-40(8,9)10)34(31-25-20-19-22-29(31)4)35(44)41-32(37(46)48-39(5,6)7)27-30-23-17-16-18-24-30/h16-20,22-25,28,32-34H,11-15,21,26-27H2,1-10H3,(H,41,44)(H,42,47). The van der Waals surface area contributed by atoms with Crippen LogP contribution >= 0.6 is 0 Å². The van der Waals surface area contributed by atoms with Crippen molar-refractivity contribution in [2.75, 3.05) is 6.54 Å². The SMILES string of the molecule is CCCCCCCCN(C(=O)C(NC(=O)OC(C)(C)C)C(C)C)C(C(=O)NC(Cc1ccccc1)C(=O)OC(C)(C)C)c1ccccc1C. The lowest BCUT2D eigenvalue weighted by molar-refractivity contribution is -0.159. The normalized spacial score (nSPS) is 13.6. The van der Waals surface area contributed by atoms with Gasteiger partial charge in [0, 0.05) is 13.0 Å². The Balaban J connectivity index is 2.61. The summed E-state index contributed by atoms with van der Waals surface area (Å²) in [5, 5.41) is 5.78. The van der Waals surface area contributed by atoms with Crippen LogP contribution in [0, 0.1) is 12.8 Å². The van der Waals surface area contributed by atoms with Crippen LogP contribution in [0.3, 0.4) is 0 Å². The molecule has 0 aliphatic carbocycles. The van der Waals surface area contributed by atoms with Gasteiger partial charge < -0.3 is 25.0 Å². The molecule has 272 valence electrons. The fraction of sp³-hybridized carbons (Fsp3) is 0.600. The van der Waals surface area contributed by atoms with E-state index in [1.165, 1.54) is 0 Å². The summed E-state index contributed by atoms with van der Waals surface area (Å²) in [5.41, 5.74) is 0.783. The number of amides is 3. The molecule has 0 saturated heterocycles. The quantitative estimate of drug-likeness (QED) is 0.130. The smallest absolute Gasteiger partial charge is 0.408 e. The van der Waals surface area contributed by atoms with Crippen molar-refractivity contribution in [1.29, 1.82) is 0 Å². The highest BCUT2D eigenvalue weighted by Crippen LogP contribution is 2.28. The van der Waals surface area contributed by atoms with Gasteiger partial charge in [0.25, 0.3) is 0 Å². The minimum absolute atomic E-state index is 0.210. The number of aryl methyl sites for hydroxylation is 1. The number of ether oxygens (including phenoxy) is 2. The Hall–Kier alpha value is -3.88. The average Bonchev–Trinajstić information content (AvgIpc) is 2.99. The van der Waals surface area contributed by atoms with Gasteiger partial charge in [-0.1, -0.05) is 107 Å². The number of unbranched alkanes of at least 4 members (excludes halogenated alkanes) is 5. The van der Waals surface area contributed by atoms with Crippen molar-refractivity contribution in [3.63, 3.8) is 0 Å². The van der Waals surface area contributed by atoms with Crippen molar-refractivity contribution in [2.24, 2.45) is 5.92 Å². The molecular formula is C40H61N3O6. The van der Waals surface area contributed by atoms with Crippen molar-refractivity contribution in [1.82, 2.24) is 15.5 Å². The van der Waals surface area contributed by atoms with E-state index in [1.807, 2.05) is 75.4 Å². The summed E-state index contributed by atoms with van der Waals surface area (Å²) in [7, 11) is 0. The summed E-state index contributed by atoms with van der Waals surface area (Å²) in [5.74, 6) is -1.76. The van der Waals surface area contributed by atoms with E-state index in [9.17, 15) is 19.2 Å². The van der Waals surface area contributed by atoms with E-state index in [-0.39, 0.29) is 18.9 Å². The molecular weight excluding hydrogens is 618 g/mol. The van der Waals surface area contributed by atoms with Gasteiger partial charge >= 0.3 is 12.1 Å². The molecule has 0 saturated carbocycles. The first-order chi connectivity index (χ1) is 22.9. The van der Waals surface area contributed by atoms with Gasteiger partial charge in [-0.2, -0.15) is 0 Å². The third-order valence-corrected chi connectivity index (χ3v) is 7.97. The van der Waals surface area contributed by atoms with Gasteiger partial charge in [-0.05, 0) is 77.5 Å². The van der Waals surface area contributed by atoms with Crippen LogP contribution in [0.2, 0.25) is 0 Å². The van der Waals surface area contributed by atoms with Crippen LogP contribution in [0.4, 0.5) is 4.79 Å². The summed E-state index contributed by atoms with van der Waals surface area (Å²) in [6, 6.07) is 13.9. The number of alkyl carbamates (subject to hydrolysis) is 1. The maximum absolute atomic E-state index is 14.7. The summed E-state index contributed by atoms with van der Waals surface area (Å²) < 4.78 is 11.3. The van der Waals surface area contributed by atoms with Crippen LogP contribution in [0.15, 0.2) is 54.6 Å². The predicted molar refractivity (Wildman–Crippen MR) is 195 cm³/mol. The lowest BCUT2D eigenvalue weighted by atomic mass is 9.95. The minimum atomic E-state index is -1.08. The summed E-state index contributed by atoms with van der Waals surface area (Å²) in [6.07, 6.45) is 5.42. The summed E-state index contributed by atoms with van der Waals surface area (Å²) in [4.78, 5) is 57.4. The summed E-state index contributed by atoms with van der Waals surface area (Å²) in [6.45, 7) is 18.7. The molecule has 0 spiro atoms. The molecule has 3 atom stereocenters. The van der Waals surface area contributed by atoms with Crippen LogP contribution in [0.25, 0.3) is 0 Å². The second kappa shape index (κ2) is 19.3. The highest BCUT2D eigenvalue weighted by atomic mass is 16.6. The largest absolute Gasteiger partial charge is 0.458 e. The van der Waals surface area contributed by atoms with Crippen LogP contribution in [0.5, 0.6) is 0 Å². The zero-order valence-electron chi connectivity index (χ0n) is 31.6. The lowest BCUT2D eigenvalue weighted by Crippen LogP contribution is -2.56. The zero-order chi connectivity index (χ0) is 36.8. The van der Waals surface area contributed by atoms with E-state index < -0.39 is 53.2 Å². The molecule has 0 aromatic heterocycles. The topological polar surface area (TPSA) is 114 Å². The monoisotopic (exact) mass is 679 g/mol. The molecule has 0 heterocycles. The Morgan fingerprint density at radius 1 is 0.755 bits per heavy atom. The van der Waals surface area contributed by atoms with Gasteiger partial charge in [0.2, 0.25) is 11.8 Å². The first-order valence-electron chi connectivity index (χ1n) is 17.9. The van der Waals surface area contributed by atoms with E-state index in [0.717, 1.165) is 43.2 Å². The Bertz CT molecular complexity index is 1350. The molecule has 0 radical (unpaired) electrons. The van der Waals surface area contributed by atoms with Crippen LogP contribution in [0.1, 0.15) is 124 Å². The second-order valence-corrected chi connectivity index (χ2v) is 15.2. The van der Waals surface area contributed by atoms with Gasteiger partial charge in [-0.15, -0.1) is 0 Å². The van der Waals surface area contributed by atoms with Gasteiger partial charge in [0.1, 0.15) is 29.3 Å². The molecule has 9 nitrogen and oxygen atoms in total. The molecule has 0 aliphatic heterocycles. The minimum Gasteiger partial charge on any atom is -0.458 e. The third-order valence-electron chi connectivity index (χ3n) is 7.97. The highest BCUT2D eigenvalue weighted by Gasteiger charge is 2.39. The maximum Gasteiger partial charge on any atom is 0.408 e. The number of rotatable bonds is 17. The van der Waals surface area contributed by atoms with Crippen molar-refractivity contribution < 1.29 is 28.7 Å². The van der Waals surface area contributed by atoms with Crippen molar-refractivity contribution >= 4 is 23.9 Å².